The molecule has 0 heterocycles. The van der Waals surface area contributed by atoms with Gasteiger partial charge in [0.15, 0.2) is 0 Å². The molecule has 1 atom stereocenters. The summed E-state index contributed by atoms with van der Waals surface area (Å²) in [5, 5.41) is 12.2. The highest BCUT2D eigenvalue weighted by atomic mass is 16.5. The van der Waals surface area contributed by atoms with Gasteiger partial charge < -0.3 is 15.2 Å². The van der Waals surface area contributed by atoms with Crippen LogP contribution in [0.2, 0.25) is 0 Å². The predicted molar refractivity (Wildman–Crippen MR) is 88.9 cm³/mol. The third-order valence-electron chi connectivity index (χ3n) is 4.00. The molecule has 0 spiro atoms. The van der Waals surface area contributed by atoms with E-state index in [1.54, 1.807) is 7.11 Å². The van der Waals surface area contributed by atoms with E-state index in [1.165, 1.54) is 5.56 Å². The highest BCUT2D eigenvalue weighted by molar-refractivity contribution is 5.78. The number of aryl methyl sites for hydroxylation is 1. The Bertz CT molecular complexity index is 474. The van der Waals surface area contributed by atoms with E-state index in [0.717, 1.165) is 5.56 Å². The van der Waals surface area contributed by atoms with Crippen LogP contribution in [0.4, 0.5) is 0 Å². The zero-order valence-corrected chi connectivity index (χ0v) is 14.4. The van der Waals surface area contributed by atoms with Crippen molar-refractivity contribution in [2.24, 2.45) is 0 Å². The largest absolute Gasteiger partial charge is 0.396 e. The third kappa shape index (κ3) is 5.43. The average Bonchev–Trinajstić information content (AvgIpc) is 2.38. The number of hydrogen-bond acceptors (Lipinski definition) is 3. The van der Waals surface area contributed by atoms with Gasteiger partial charge in [0.25, 0.3) is 0 Å². The lowest BCUT2D eigenvalue weighted by Crippen LogP contribution is -2.51. The summed E-state index contributed by atoms with van der Waals surface area (Å²) in [4.78, 5) is 12.4. The number of carbonyl (C=O) groups excluding carboxylic acids is 1. The second kappa shape index (κ2) is 7.75. The normalized spacial score (nSPS) is 14.5. The van der Waals surface area contributed by atoms with E-state index in [2.05, 4.69) is 50.4 Å². The molecule has 0 fully saturated rings. The molecule has 1 aromatic rings. The number of ether oxygens (including phenoxy) is 1. The second-order valence-corrected chi connectivity index (χ2v) is 6.94. The van der Waals surface area contributed by atoms with Crippen LogP contribution in [0, 0.1) is 6.92 Å². The Labute approximate surface area is 133 Å². The van der Waals surface area contributed by atoms with Crippen LogP contribution in [0.1, 0.15) is 44.7 Å². The fourth-order valence-electron chi connectivity index (χ4n) is 2.63. The van der Waals surface area contributed by atoms with Gasteiger partial charge >= 0.3 is 0 Å². The number of aliphatic hydroxyl groups is 1. The Morgan fingerprint density at radius 1 is 1.23 bits per heavy atom. The summed E-state index contributed by atoms with van der Waals surface area (Å²) in [7, 11) is 1.60. The fourth-order valence-corrected chi connectivity index (χ4v) is 2.63. The van der Waals surface area contributed by atoms with Crippen molar-refractivity contribution in [1.29, 1.82) is 0 Å². The van der Waals surface area contributed by atoms with E-state index in [-0.39, 0.29) is 17.9 Å². The molecule has 2 N–H and O–H groups in total. The van der Waals surface area contributed by atoms with Crippen LogP contribution in [-0.4, -0.2) is 36.9 Å². The summed E-state index contributed by atoms with van der Waals surface area (Å²) < 4.78 is 5.16. The highest BCUT2D eigenvalue weighted by Crippen LogP contribution is 2.27. The van der Waals surface area contributed by atoms with Crippen molar-refractivity contribution in [3.05, 3.63) is 35.4 Å². The molecule has 0 aliphatic carbocycles. The number of methoxy groups -OCH3 is 1. The molecule has 124 valence electrons. The number of benzene rings is 1. The molecule has 22 heavy (non-hydrogen) atoms. The van der Waals surface area contributed by atoms with Crippen molar-refractivity contribution in [2.75, 3.05) is 20.3 Å². The van der Waals surface area contributed by atoms with Crippen molar-refractivity contribution in [3.63, 3.8) is 0 Å². The standard InChI is InChI=1S/C18H29NO3/c1-14-6-8-15(9-7-14)17(2,3)12-16(21)19-18(4,10-11-20)13-22-5/h6-9,20H,10-13H2,1-5H3,(H,19,21). The zero-order chi connectivity index (χ0) is 16.8. The number of aliphatic hydroxyl groups excluding tert-OH is 1. The van der Waals surface area contributed by atoms with E-state index in [0.29, 0.717) is 19.4 Å². The van der Waals surface area contributed by atoms with Crippen molar-refractivity contribution in [1.82, 2.24) is 5.32 Å². The van der Waals surface area contributed by atoms with Gasteiger partial charge in [-0.15, -0.1) is 0 Å². The van der Waals surface area contributed by atoms with Gasteiger partial charge in [-0.25, -0.2) is 0 Å². The maximum absolute atomic E-state index is 12.4. The quantitative estimate of drug-likeness (QED) is 0.776. The van der Waals surface area contributed by atoms with Gasteiger partial charge in [-0.1, -0.05) is 43.7 Å². The molecule has 0 aliphatic heterocycles. The third-order valence-corrected chi connectivity index (χ3v) is 4.00. The van der Waals surface area contributed by atoms with Gasteiger partial charge in [0.2, 0.25) is 5.91 Å². The van der Waals surface area contributed by atoms with Crippen molar-refractivity contribution in [3.8, 4) is 0 Å². The van der Waals surface area contributed by atoms with Crippen LogP contribution in [0.5, 0.6) is 0 Å². The number of rotatable bonds is 8. The first kappa shape index (κ1) is 18.7. The molecule has 4 heteroatoms. The summed E-state index contributed by atoms with van der Waals surface area (Å²) in [5.74, 6) is -0.0291. The molecular weight excluding hydrogens is 278 g/mol. The molecule has 0 aliphatic rings. The number of amides is 1. The van der Waals surface area contributed by atoms with Crippen LogP contribution in [0.3, 0.4) is 0 Å². The van der Waals surface area contributed by atoms with Gasteiger partial charge in [-0.05, 0) is 31.2 Å². The summed E-state index contributed by atoms with van der Waals surface area (Å²) in [6.45, 7) is 8.47. The van der Waals surface area contributed by atoms with Crippen LogP contribution in [0.25, 0.3) is 0 Å². The maximum atomic E-state index is 12.4. The minimum Gasteiger partial charge on any atom is -0.396 e. The van der Waals surface area contributed by atoms with Crippen molar-refractivity contribution < 1.29 is 14.6 Å². The molecule has 1 aromatic carbocycles. The molecule has 0 saturated carbocycles. The number of carbonyl (C=O) groups is 1. The van der Waals surface area contributed by atoms with Crippen LogP contribution < -0.4 is 5.32 Å². The van der Waals surface area contributed by atoms with E-state index >= 15 is 0 Å². The average molecular weight is 307 g/mol. The predicted octanol–water partition coefficient (Wildman–Crippen LogP) is 2.57. The topological polar surface area (TPSA) is 58.6 Å². The lowest BCUT2D eigenvalue weighted by molar-refractivity contribution is -0.124. The van der Waals surface area contributed by atoms with E-state index in [9.17, 15) is 9.90 Å². The van der Waals surface area contributed by atoms with Crippen LogP contribution in [0.15, 0.2) is 24.3 Å². The minimum atomic E-state index is -0.538. The van der Waals surface area contributed by atoms with Crippen LogP contribution in [-0.2, 0) is 14.9 Å². The highest BCUT2D eigenvalue weighted by Gasteiger charge is 2.30. The smallest absolute Gasteiger partial charge is 0.221 e. The molecule has 0 bridgehead atoms. The Kier molecular flexibility index (Phi) is 6.57. The van der Waals surface area contributed by atoms with Gasteiger partial charge in [-0.2, -0.15) is 0 Å². The minimum absolute atomic E-state index is 0.0154. The Morgan fingerprint density at radius 3 is 2.32 bits per heavy atom. The maximum Gasteiger partial charge on any atom is 0.221 e. The first-order valence-corrected chi connectivity index (χ1v) is 7.70. The lowest BCUT2D eigenvalue weighted by atomic mass is 9.80. The molecule has 0 radical (unpaired) electrons. The molecular formula is C18H29NO3. The second-order valence-electron chi connectivity index (χ2n) is 6.94. The fraction of sp³-hybridized carbons (Fsp3) is 0.611. The molecule has 4 nitrogen and oxygen atoms in total. The summed E-state index contributed by atoms with van der Waals surface area (Å²) in [6.07, 6.45) is 0.859. The van der Waals surface area contributed by atoms with Gasteiger partial charge in [0.05, 0.1) is 12.1 Å². The molecule has 0 saturated heterocycles. The van der Waals surface area contributed by atoms with Crippen molar-refractivity contribution in [2.45, 2.75) is 51.5 Å². The van der Waals surface area contributed by atoms with E-state index in [1.807, 2.05) is 6.92 Å². The SMILES string of the molecule is COCC(C)(CCO)NC(=O)CC(C)(C)c1ccc(C)cc1. The van der Waals surface area contributed by atoms with Gasteiger partial charge in [-0.3, -0.25) is 4.79 Å². The monoisotopic (exact) mass is 307 g/mol. The Hall–Kier alpha value is -1.39. The van der Waals surface area contributed by atoms with E-state index in [4.69, 9.17) is 4.74 Å². The van der Waals surface area contributed by atoms with Gasteiger partial charge in [0, 0.05) is 20.1 Å². The Morgan fingerprint density at radius 2 is 1.82 bits per heavy atom. The first-order valence-electron chi connectivity index (χ1n) is 7.70. The first-order chi connectivity index (χ1) is 10.2. The number of nitrogens with one attached hydrogen (secondary N) is 1. The molecule has 1 unspecified atom stereocenters. The van der Waals surface area contributed by atoms with Gasteiger partial charge in [0.1, 0.15) is 0 Å². The zero-order valence-electron chi connectivity index (χ0n) is 14.4. The number of hydrogen-bond donors (Lipinski definition) is 2. The van der Waals surface area contributed by atoms with Crippen molar-refractivity contribution >= 4 is 5.91 Å². The molecule has 1 rings (SSSR count). The van der Waals surface area contributed by atoms with Crippen LogP contribution >= 0.6 is 0 Å². The van der Waals surface area contributed by atoms with E-state index < -0.39 is 5.54 Å². The summed E-state index contributed by atoms with van der Waals surface area (Å²) in [6, 6.07) is 8.28. The Balaban J connectivity index is 2.75. The summed E-state index contributed by atoms with van der Waals surface area (Å²) >= 11 is 0. The lowest BCUT2D eigenvalue weighted by Gasteiger charge is -2.32. The molecule has 1 amide bonds. The summed E-state index contributed by atoms with van der Waals surface area (Å²) in [5.41, 5.74) is 1.57. The molecule has 0 aromatic heterocycles.